The van der Waals surface area contributed by atoms with E-state index in [0.717, 1.165) is 18.8 Å². The molecule has 0 atom stereocenters. The molecular formula is C22H34OSi. The Morgan fingerprint density at radius 3 is 2.46 bits per heavy atom. The summed E-state index contributed by atoms with van der Waals surface area (Å²) in [7, 11) is 0.248. The molecule has 132 valence electrons. The molecule has 24 heavy (non-hydrogen) atoms. The minimum atomic E-state index is -0.0171. The molecule has 2 fully saturated rings. The molecule has 2 aliphatic rings. The van der Waals surface area contributed by atoms with Gasteiger partial charge in [-0.1, -0.05) is 61.3 Å². The molecule has 1 saturated carbocycles. The van der Waals surface area contributed by atoms with E-state index < -0.39 is 0 Å². The smallest absolute Gasteiger partial charge is 0.0540 e. The van der Waals surface area contributed by atoms with Crippen molar-refractivity contribution in [3.05, 3.63) is 42.0 Å². The van der Waals surface area contributed by atoms with Gasteiger partial charge in [-0.15, -0.1) is 0 Å². The van der Waals surface area contributed by atoms with E-state index in [2.05, 4.69) is 43.3 Å². The highest BCUT2D eigenvalue weighted by Gasteiger charge is 2.40. The maximum Gasteiger partial charge on any atom is 0.0540 e. The lowest BCUT2D eigenvalue weighted by Crippen LogP contribution is -2.37. The molecule has 0 aromatic heterocycles. The minimum absolute atomic E-state index is 0.0171. The molecule has 1 aliphatic carbocycles. The lowest BCUT2D eigenvalue weighted by molar-refractivity contribution is 0.0365. The van der Waals surface area contributed by atoms with Crippen molar-refractivity contribution in [2.45, 2.75) is 76.5 Å². The Balaban J connectivity index is 1.64. The Bertz CT molecular complexity index is 522. The molecule has 0 amide bonds. The summed E-state index contributed by atoms with van der Waals surface area (Å²) in [6.07, 6.45) is 12.6. The molecule has 0 radical (unpaired) electrons. The van der Waals surface area contributed by atoms with E-state index in [1.807, 2.05) is 0 Å². The van der Waals surface area contributed by atoms with Crippen LogP contribution < -0.4 is 0 Å². The summed E-state index contributed by atoms with van der Waals surface area (Å²) in [6, 6.07) is 13.9. The first-order valence-corrected chi connectivity index (χ1v) is 12.1. The summed E-state index contributed by atoms with van der Waals surface area (Å²) in [5, 5.41) is 9.88. The fourth-order valence-corrected chi connectivity index (χ4v) is 7.46. The zero-order valence-corrected chi connectivity index (χ0v) is 16.8. The second-order valence-corrected chi connectivity index (χ2v) is 10.3. The van der Waals surface area contributed by atoms with E-state index >= 15 is 0 Å². The van der Waals surface area contributed by atoms with Gasteiger partial charge in [0.15, 0.2) is 0 Å². The number of allylic oxidation sites excluding steroid dienone is 2. The van der Waals surface area contributed by atoms with Crippen LogP contribution in [0, 0.1) is 11.3 Å². The van der Waals surface area contributed by atoms with Crippen molar-refractivity contribution in [3.63, 3.8) is 0 Å². The molecule has 1 aliphatic heterocycles. The first-order valence-electron chi connectivity index (χ1n) is 10.1. The van der Waals surface area contributed by atoms with E-state index in [9.17, 15) is 5.11 Å². The van der Waals surface area contributed by atoms with Crippen molar-refractivity contribution in [1.82, 2.24) is 0 Å². The molecule has 1 aromatic carbocycles. The average Bonchev–Trinajstić information content (AvgIpc) is 2.63. The summed E-state index contributed by atoms with van der Waals surface area (Å²) >= 11 is 0. The van der Waals surface area contributed by atoms with E-state index in [0.29, 0.717) is 5.41 Å². The molecule has 1 saturated heterocycles. The van der Waals surface area contributed by atoms with Crippen LogP contribution in [-0.2, 0) is 0 Å². The Labute approximate surface area is 150 Å². The first-order chi connectivity index (χ1) is 11.7. The molecule has 0 spiro atoms. The fourth-order valence-electron chi connectivity index (χ4n) is 5.20. The highest BCUT2D eigenvalue weighted by Crippen LogP contribution is 2.50. The van der Waals surface area contributed by atoms with E-state index in [-0.39, 0.29) is 15.6 Å². The van der Waals surface area contributed by atoms with Crippen LogP contribution in [0.4, 0.5) is 0 Å². The largest absolute Gasteiger partial charge is 0.393 e. The summed E-state index contributed by atoms with van der Waals surface area (Å²) in [5.74, 6) is 0.876. The number of aliphatic hydroxyl groups excluding tert-OH is 1. The Kier molecular flexibility index (Phi) is 6.35. The van der Waals surface area contributed by atoms with E-state index in [4.69, 9.17) is 0 Å². The van der Waals surface area contributed by atoms with Crippen molar-refractivity contribution < 1.29 is 5.11 Å². The SMILES string of the molecule is CC(=CCCC1(C2CCC(O)CC2)CC[SiH2]CC1)c1ccccc1. The van der Waals surface area contributed by atoms with Crippen LogP contribution in [0.2, 0.25) is 12.1 Å². The number of hydrogen-bond donors (Lipinski definition) is 1. The summed E-state index contributed by atoms with van der Waals surface area (Å²) in [6.45, 7) is 2.26. The number of benzene rings is 1. The molecule has 1 N–H and O–H groups in total. The zero-order valence-electron chi connectivity index (χ0n) is 15.3. The quantitative estimate of drug-likeness (QED) is 0.729. The van der Waals surface area contributed by atoms with Gasteiger partial charge in [0.1, 0.15) is 0 Å². The van der Waals surface area contributed by atoms with Gasteiger partial charge in [0, 0.05) is 9.52 Å². The highest BCUT2D eigenvalue weighted by atomic mass is 28.2. The predicted molar refractivity (Wildman–Crippen MR) is 107 cm³/mol. The summed E-state index contributed by atoms with van der Waals surface area (Å²) in [4.78, 5) is 0. The number of rotatable bonds is 5. The van der Waals surface area contributed by atoms with Gasteiger partial charge in [-0.3, -0.25) is 0 Å². The van der Waals surface area contributed by atoms with Crippen LogP contribution in [0.15, 0.2) is 36.4 Å². The second-order valence-electron chi connectivity index (χ2n) is 8.22. The number of hydrogen-bond acceptors (Lipinski definition) is 1. The van der Waals surface area contributed by atoms with Gasteiger partial charge in [0.05, 0.1) is 6.10 Å². The third-order valence-electron chi connectivity index (χ3n) is 6.73. The Morgan fingerprint density at radius 2 is 1.79 bits per heavy atom. The van der Waals surface area contributed by atoms with Crippen molar-refractivity contribution in [2.75, 3.05) is 0 Å². The van der Waals surface area contributed by atoms with Crippen LogP contribution in [0.3, 0.4) is 0 Å². The molecule has 2 heteroatoms. The van der Waals surface area contributed by atoms with Gasteiger partial charge in [0.2, 0.25) is 0 Å². The topological polar surface area (TPSA) is 20.2 Å². The predicted octanol–water partition coefficient (Wildman–Crippen LogP) is 5.21. The molecule has 1 heterocycles. The van der Waals surface area contributed by atoms with Crippen LogP contribution >= 0.6 is 0 Å². The molecule has 0 bridgehead atoms. The first kappa shape index (κ1) is 17.9. The normalized spacial score (nSPS) is 32.8. The van der Waals surface area contributed by atoms with Crippen LogP contribution in [0.5, 0.6) is 0 Å². The second kappa shape index (κ2) is 8.49. The molecule has 1 nitrogen and oxygen atoms in total. The number of aliphatic hydroxyl groups is 1. The summed E-state index contributed by atoms with van der Waals surface area (Å²) < 4.78 is 0. The van der Waals surface area contributed by atoms with Crippen LogP contribution in [0.1, 0.15) is 63.9 Å². The van der Waals surface area contributed by atoms with Gasteiger partial charge >= 0.3 is 0 Å². The van der Waals surface area contributed by atoms with Crippen molar-refractivity contribution >= 4 is 15.1 Å². The van der Waals surface area contributed by atoms with E-state index in [1.165, 1.54) is 49.7 Å². The highest BCUT2D eigenvalue weighted by molar-refractivity contribution is 6.35. The lowest BCUT2D eigenvalue weighted by Gasteiger charge is -2.46. The minimum Gasteiger partial charge on any atom is -0.393 e. The maximum atomic E-state index is 9.88. The average molecular weight is 343 g/mol. The fraction of sp³-hybridized carbons (Fsp3) is 0.636. The molecular weight excluding hydrogens is 308 g/mol. The lowest BCUT2D eigenvalue weighted by atomic mass is 9.63. The Morgan fingerprint density at radius 1 is 1.12 bits per heavy atom. The standard InChI is InChI=1S/C22H34OSi/c1-18(19-7-3-2-4-8-19)6-5-13-22(14-16-24-17-15-22)20-9-11-21(23)12-10-20/h2-4,6-8,20-21,23H,5,9-17,24H2,1H3. The van der Waals surface area contributed by atoms with Gasteiger partial charge in [0.25, 0.3) is 0 Å². The van der Waals surface area contributed by atoms with Gasteiger partial charge < -0.3 is 5.11 Å². The molecule has 1 aromatic rings. The monoisotopic (exact) mass is 342 g/mol. The molecule has 0 unspecified atom stereocenters. The van der Waals surface area contributed by atoms with Gasteiger partial charge in [-0.2, -0.15) is 0 Å². The van der Waals surface area contributed by atoms with Gasteiger partial charge in [-0.25, -0.2) is 0 Å². The summed E-state index contributed by atoms with van der Waals surface area (Å²) in [5.41, 5.74) is 3.39. The third-order valence-corrected chi connectivity index (χ3v) is 8.44. The third kappa shape index (κ3) is 4.40. The van der Waals surface area contributed by atoms with Crippen molar-refractivity contribution in [3.8, 4) is 0 Å². The zero-order chi connectivity index (χ0) is 16.8. The van der Waals surface area contributed by atoms with Crippen LogP contribution in [0.25, 0.3) is 5.57 Å². The van der Waals surface area contributed by atoms with E-state index in [1.54, 1.807) is 12.1 Å². The maximum absolute atomic E-state index is 9.88. The van der Waals surface area contributed by atoms with Crippen molar-refractivity contribution in [1.29, 1.82) is 0 Å². The van der Waals surface area contributed by atoms with Crippen LogP contribution in [-0.4, -0.2) is 20.7 Å². The van der Waals surface area contributed by atoms with Crippen molar-refractivity contribution in [2.24, 2.45) is 11.3 Å². The molecule has 3 rings (SSSR count). The van der Waals surface area contributed by atoms with Gasteiger partial charge in [-0.05, 0) is 67.9 Å². The Hall–Kier alpha value is -0.863.